The second-order valence-electron chi connectivity index (χ2n) is 5.05. The molecular formula is C18H25NO. The van der Waals surface area contributed by atoms with E-state index in [0.29, 0.717) is 6.54 Å². The van der Waals surface area contributed by atoms with E-state index in [0.717, 1.165) is 36.8 Å². The molecule has 1 aromatic rings. The third-order valence-electron chi connectivity index (χ3n) is 3.10. The number of benzene rings is 1. The highest BCUT2D eigenvalue weighted by molar-refractivity contribution is 5.53. The normalized spacial score (nSPS) is 11.4. The fourth-order valence-electron chi connectivity index (χ4n) is 2.19. The van der Waals surface area contributed by atoms with Crippen LogP contribution in [0.2, 0.25) is 0 Å². The minimum Gasteiger partial charge on any atom is -0.378 e. The molecule has 0 saturated carbocycles. The first-order valence-electron chi connectivity index (χ1n) is 7.35. The first kappa shape index (κ1) is 16.5. The molecule has 0 radical (unpaired) electrons. The van der Waals surface area contributed by atoms with Crippen molar-refractivity contribution in [1.29, 1.82) is 0 Å². The molecule has 0 aromatic heterocycles. The molecule has 3 N–H and O–H groups in total. The van der Waals surface area contributed by atoms with Crippen molar-refractivity contribution in [2.24, 2.45) is 5.73 Å². The maximum Gasteiger partial charge on any atom is 0.125 e. The Hall–Kier alpha value is -1.56. The summed E-state index contributed by atoms with van der Waals surface area (Å²) < 4.78 is 0. The van der Waals surface area contributed by atoms with Gasteiger partial charge in [-0.05, 0) is 30.5 Å². The van der Waals surface area contributed by atoms with Crippen LogP contribution in [0.4, 0.5) is 0 Å². The lowest BCUT2D eigenvalue weighted by Gasteiger charge is -2.20. The predicted molar refractivity (Wildman–Crippen MR) is 86.2 cm³/mol. The second-order valence-corrected chi connectivity index (χ2v) is 5.05. The molecule has 0 spiro atoms. The van der Waals surface area contributed by atoms with Crippen LogP contribution in [-0.2, 0) is 0 Å². The summed E-state index contributed by atoms with van der Waals surface area (Å²) in [7, 11) is 0. The molecule has 0 aliphatic heterocycles. The standard InChI is InChI=1S/C18H25NO/c1-3-11-18(20,12-4-2)13-10-17-8-5-7-16(15-17)9-6-14-19/h5-9,15,20H,3-4,11-12,14,19H2,1-2H3. The summed E-state index contributed by atoms with van der Waals surface area (Å²) in [6, 6.07) is 7.96. The van der Waals surface area contributed by atoms with Gasteiger partial charge in [0.2, 0.25) is 0 Å². The zero-order valence-electron chi connectivity index (χ0n) is 12.5. The van der Waals surface area contributed by atoms with Gasteiger partial charge in [0.25, 0.3) is 0 Å². The molecule has 0 atom stereocenters. The van der Waals surface area contributed by atoms with Crippen molar-refractivity contribution in [2.45, 2.75) is 45.1 Å². The van der Waals surface area contributed by atoms with E-state index in [4.69, 9.17) is 5.73 Å². The summed E-state index contributed by atoms with van der Waals surface area (Å²) in [5.74, 6) is 6.16. The van der Waals surface area contributed by atoms with E-state index in [1.165, 1.54) is 0 Å². The molecule has 108 valence electrons. The molecule has 2 heteroatoms. The zero-order valence-corrected chi connectivity index (χ0v) is 12.5. The second kappa shape index (κ2) is 8.58. The van der Waals surface area contributed by atoms with Crippen molar-refractivity contribution in [3.63, 3.8) is 0 Å². The van der Waals surface area contributed by atoms with Crippen molar-refractivity contribution >= 4 is 6.08 Å². The molecule has 0 aliphatic carbocycles. The number of nitrogens with two attached hydrogens (primary N) is 1. The topological polar surface area (TPSA) is 46.2 Å². The third kappa shape index (κ3) is 5.61. The molecule has 0 heterocycles. The summed E-state index contributed by atoms with van der Waals surface area (Å²) in [5, 5.41) is 10.5. The monoisotopic (exact) mass is 271 g/mol. The van der Waals surface area contributed by atoms with Crippen molar-refractivity contribution in [3.8, 4) is 11.8 Å². The number of rotatable bonds is 6. The van der Waals surface area contributed by atoms with E-state index in [1.54, 1.807) is 0 Å². The van der Waals surface area contributed by atoms with Gasteiger partial charge in [0.05, 0.1) is 0 Å². The van der Waals surface area contributed by atoms with Crippen LogP contribution in [0, 0.1) is 11.8 Å². The summed E-state index contributed by atoms with van der Waals surface area (Å²) in [6.45, 7) is 4.67. The number of hydrogen-bond donors (Lipinski definition) is 2. The van der Waals surface area contributed by atoms with Crippen LogP contribution >= 0.6 is 0 Å². The molecule has 20 heavy (non-hydrogen) atoms. The predicted octanol–water partition coefficient (Wildman–Crippen LogP) is 3.34. The lowest BCUT2D eigenvalue weighted by atomic mass is 9.93. The zero-order chi connectivity index (χ0) is 14.8. The van der Waals surface area contributed by atoms with Crippen LogP contribution in [0.25, 0.3) is 6.08 Å². The maximum absolute atomic E-state index is 10.5. The Balaban J connectivity index is 2.91. The minimum absolute atomic E-state index is 0.530. The van der Waals surface area contributed by atoms with E-state index >= 15 is 0 Å². The Morgan fingerprint density at radius 3 is 2.55 bits per heavy atom. The highest BCUT2D eigenvalue weighted by Gasteiger charge is 2.21. The van der Waals surface area contributed by atoms with Crippen molar-refractivity contribution in [1.82, 2.24) is 0 Å². The van der Waals surface area contributed by atoms with Crippen molar-refractivity contribution in [2.75, 3.05) is 6.54 Å². The van der Waals surface area contributed by atoms with Gasteiger partial charge in [-0.25, -0.2) is 0 Å². The Bertz CT molecular complexity index is 488. The lowest BCUT2D eigenvalue weighted by molar-refractivity contribution is 0.0807. The van der Waals surface area contributed by atoms with Crippen molar-refractivity contribution in [3.05, 3.63) is 41.5 Å². The van der Waals surface area contributed by atoms with E-state index in [1.807, 2.05) is 36.4 Å². The number of aliphatic hydroxyl groups is 1. The highest BCUT2D eigenvalue weighted by atomic mass is 16.3. The van der Waals surface area contributed by atoms with E-state index in [2.05, 4.69) is 25.7 Å². The third-order valence-corrected chi connectivity index (χ3v) is 3.10. The van der Waals surface area contributed by atoms with E-state index < -0.39 is 5.60 Å². The van der Waals surface area contributed by atoms with Gasteiger partial charge in [-0.3, -0.25) is 0 Å². The van der Waals surface area contributed by atoms with Gasteiger partial charge in [0, 0.05) is 12.1 Å². The molecule has 0 bridgehead atoms. The average molecular weight is 271 g/mol. The SMILES string of the molecule is CCCC(O)(C#Cc1cccc(C=CCN)c1)CCC. The first-order chi connectivity index (χ1) is 9.63. The van der Waals surface area contributed by atoms with Crippen LogP contribution in [-0.4, -0.2) is 17.3 Å². The molecule has 1 rings (SSSR count). The fraction of sp³-hybridized carbons (Fsp3) is 0.444. The average Bonchev–Trinajstić information content (AvgIpc) is 2.44. The largest absolute Gasteiger partial charge is 0.378 e. The molecule has 0 saturated heterocycles. The van der Waals surface area contributed by atoms with Gasteiger partial charge in [-0.2, -0.15) is 0 Å². The Morgan fingerprint density at radius 2 is 1.95 bits per heavy atom. The van der Waals surface area contributed by atoms with E-state index in [9.17, 15) is 5.11 Å². The van der Waals surface area contributed by atoms with Crippen LogP contribution < -0.4 is 5.73 Å². The molecule has 0 unspecified atom stereocenters. The molecule has 2 nitrogen and oxygen atoms in total. The molecule has 0 amide bonds. The fourth-order valence-corrected chi connectivity index (χ4v) is 2.19. The highest BCUT2D eigenvalue weighted by Crippen LogP contribution is 2.18. The van der Waals surface area contributed by atoms with Crippen LogP contribution in [0.15, 0.2) is 30.3 Å². The molecular weight excluding hydrogens is 246 g/mol. The van der Waals surface area contributed by atoms with E-state index in [-0.39, 0.29) is 0 Å². The summed E-state index contributed by atoms with van der Waals surface area (Å²) >= 11 is 0. The Labute approximate surface area is 122 Å². The molecule has 0 aliphatic rings. The summed E-state index contributed by atoms with van der Waals surface area (Å²) in [4.78, 5) is 0. The van der Waals surface area contributed by atoms with Crippen LogP contribution in [0.1, 0.15) is 50.7 Å². The molecule has 1 aromatic carbocycles. The van der Waals surface area contributed by atoms with Gasteiger partial charge >= 0.3 is 0 Å². The Morgan fingerprint density at radius 1 is 1.25 bits per heavy atom. The van der Waals surface area contributed by atoms with Gasteiger partial charge in [0.15, 0.2) is 0 Å². The lowest BCUT2D eigenvalue weighted by Crippen LogP contribution is -2.25. The summed E-state index contributed by atoms with van der Waals surface area (Å²) in [5.41, 5.74) is 6.60. The maximum atomic E-state index is 10.5. The molecule has 0 fully saturated rings. The van der Waals surface area contributed by atoms with Gasteiger partial charge in [0.1, 0.15) is 5.60 Å². The quantitative estimate of drug-likeness (QED) is 0.779. The van der Waals surface area contributed by atoms with Gasteiger partial charge in [-0.15, -0.1) is 0 Å². The van der Waals surface area contributed by atoms with Crippen molar-refractivity contribution < 1.29 is 5.11 Å². The summed E-state index contributed by atoms with van der Waals surface area (Å²) in [6.07, 6.45) is 7.21. The first-order valence-corrected chi connectivity index (χ1v) is 7.35. The minimum atomic E-state index is -0.855. The van der Waals surface area contributed by atoms with Crippen LogP contribution in [0.3, 0.4) is 0 Å². The number of hydrogen-bond acceptors (Lipinski definition) is 2. The van der Waals surface area contributed by atoms with Crippen LogP contribution in [0.5, 0.6) is 0 Å². The smallest absolute Gasteiger partial charge is 0.125 e. The van der Waals surface area contributed by atoms with Gasteiger partial charge < -0.3 is 10.8 Å². The Kier molecular flexibility index (Phi) is 7.08. The van der Waals surface area contributed by atoms with Gasteiger partial charge in [-0.1, -0.05) is 62.8 Å².